The van der Waals surface area contributed by atoms with Crippen molar-refractivity contribution in [2.45, 2.75) is 181 Å². The molecular formula is C36H70N2O2. The monoisotopic (exact) mass is 563 g/mol. The van der Waals surface area contributed by atoms with E-state index >= 15 is 0 Å². The highest BCUT2D eigenvalue weighted by Gasteiger charge is 2.18. The van der Waals surface area contributed by atoms with Gasteiger partial charge in [-0.1, -0.05) is 142 Å². The van der Waals surface area contributed by atoms with Crippen molar-refractivity contribution in [2.24, 2.45) is 0 Å². The van der Waals surface area contributed by atoms with Crippen LogP contribution in [0.1, 0.15) is 181 Å². The fourth-order valence-corrected chi connectivity index (χ4v) is 6.02. The van der Waals surface area contributed by atoms with Gasteiger partial charge in [0, 0.05) is 65.0 Å². The molecule has 40 heavy (non-hydrogen) atoms. The molecule has 0 bridgehead atoms. The van der Waals surface area contributed by atoms with Crippen molar-refractivity contribution < 1.29 is 9.59 Å². The number of carbonyl (C=O) groups is 2. The predicted molar refractivity (Wildman–Crippen MR) is 174 cm³/mol. The van der Waals surface area contributed by atoms with E-state index in [0.29, 0.717) is 11.6 Å². The first kappa shape index (κ1) is 37.3. The summed E-state index contributed by atoms with van der Waals surface area (Å²) in [5.41, 5.74) is 0. The van der Waals surface area contributed by atoms with Crippen molar-refractivity contribution in [2.75, 3.05) is 39.3 Å². The molecule has 1 saturated heterocycles. The van der Waals surface area contributed by atoms with Crippen LogP contribution in [-0.4, -0.2) is 60.6 Å². The largest absolute Gasteiger partial charge is 0.300 e. The van der Waals surface area contributed by atoms with E-state index in [1.54, 1.807) is 0 Å². The number of unbranched alkanes of at least 4 members (excludes halogenated alkanes) is 20. The molecule has 0 spiro atoms. The summed E-state index contributed by atoms with van der Waals surface area (Å²) >= 11 is 0. The van der Waals surface area contributed by atoms with E-state index in [9.17, 15) is 9.59 Å². The van der Waals surface area contributed by atoms with Crippen molar-refractivity contribution in [1.29, 1.82) is 0 Å². The minimum absolute atomic E-state index is 0.450. The van der Waals surface area contributed by atoms with Gasteiger partial charge in [-0.15, -0.1) is 0 Å². The minimum Gasteiger partial charge on any atom is -0.300 e. The van der Waals surface area contributed by atoms with Gasteiger partial charge in [-0.05, 0) is 12.8 Å². The third kappa shape index (κ3) is 23.9. The zero-order chi connectivity index (χ0) is 28.9. The maximum absolute atomic E-state index is 12.3. The molecule has 236 valence electrons. The Balaban J connectivity index is 1.88. The van der Waals surface area contributed by atoms with E-state index in [1.165, 1.54) is 128 Å². The second-order valence-electron chi connectivity index (χ2n) is 12.8. The summed E-state index contributed by atoms with van der Waals surface area (Å²) in [6, 6.07) is 0. The summed E-state index contributed by atoms with van der Waals surface area (Å²) in [5.74, 6) is 0.901. The van der Waals surface area contributed by atoms with Gasteiger partial charge >= 0.3 is 0 Å². The standard InChI is InChI=1S/C36H70N2O2/c1-3-5-7-9-11-13-15-17-19-21-23-25-35(39)27-29-37-31-33-38(34-32-37)30-28-36(40)26-24-22-20-18-16-14-12-10-8-6-4-2/h3-34H2,1-2H3. The van der Waals surface area contributed by atoms with Gasteiger partial charge in [0.2, 0.25) is 0 Å². The van der Waals surface area contributed by atoms with Crippen LogP contribution >= 0.6 is 0 Å². The molecule has 0 aromatic heterocycles. The number of hydrogen-bond donors (Lipinski definition) is 0. The summed E-state index contributed by atoms with van der Waals surface area (Å²) in [4.78, 5) is 29.6. The number of Topliss-reactive ketones (excluding diaryl/α,β-unsaturated/α-hetero) is 2. The molecule has 1 aliphatic heterocycles. The zero-order valence-corrected chi connectivity index (χ0v) is 27.3. The molecular weight excluding hydrogens is 492 g/mol. The third-order valence-corrected chi connectivity index (χ3v) is 9.00. The van der Waals surface area contributed by atoms with Gasteiger partial charge in [0.15, 0.2) is 0 Å². The van der Waals surface area contributed by atoms with Crippen LogP contribution in [0.5, 0.6) is 0 Å². The summed E-state index contributed by atoms with van der Waals surface area (Å²) in [5, 5.41) is 0. The third-order valence-electron chi connectivity index (χ3n) is 9.00. The molecule has 0 amide bonds. The highest BCUT2D eigenvalue weighted by molar-refractivity contribution is 5.78. The van der Waals surface area contributed by atoms with Crippen LogP contribution in [0.15, 0.2) is 0 Å². The van der Waals surface area contributed by atoms with Crippen LogP contribution in [0.4, 0.5) is 0 Å². The molecule has 0 N–H and O–H groups in total. The molecule has 0 atom stereocenters. The number of piperazine rings is 1. The Labute approximate surface area is 250 Å². The van der Waals surface area contributed by atoms with Gasteiger partial charge in [-0.2, -0.15) is 0 Å². The smallest absolute Gasteiger partial charge is 0.134 e. The Morgan fingerprint density at radius 2 is 0.625 bits per heavy atom. The van der Waals surface area contributed by atoms with E-state index in [-0.39, 0.29) is 0 Å². The average Bonchev–Trinajstić information content (AvgIpc) is 2.97. The maximum atomic E-state index is 12.3. The second kappa shape index (κ2) is 28.4. The highest BCUT2D eigenvalue weighted by Crippen LogP contribution is 2.14. The summed E-state index contributed by atoms with van der Waals surface area (Å²) < 4.78 is 0. The van der Waals surface area contributed by atoms with E-state index in [4.69, 9.17) is 0 Å². The van der Waals surface area contributed by atoms with Gasteiger partial charge in [-0.25, -0.2) is 0 Å². The molecule has 4 heteroatoms. The summed E-state index contributed by atoms with van der Waals surface area (Å²) in [6.45, 7) is 10.6. The van der Waals surface area contributed by atoms with Crippen molar-refractivity contribution >= 4 is 11.6 Å². The molecule has 0 aromatic rings. The Kier molecular flexibility index (Phi) is 26.5. The predicted octanol–water partition coefficient (Wildman–Crippen LogP) is 9.92. The lowest BCUT2D eigenvalue weighted by Gasteiger charge is -2.34. The van der Waals surface area contributed by atoms with E-state index in [1.807, 2.05) is 0 Å². The van der Waals surface area contributed by atoms with Crippen LogP contribution < -0.4 is 0 Å². The van der Waals surface area contributed by atoms with Crippen LogP contribution in [0.2, 0.25) is 0 Å². The molecule has 0 aromatic carbocycles. The molecule has 1 rings (SSSR count). The lowest BCUT2D eigenvalue weighted by molar-refractivity contribution is -0.120. The van der Waals surface area contributed by atoms with Crippen LogP contribution in [0.25, 0.3) is 0 Å². The van der Waals surface area contributed by atoms with E-state index < -0.39 is 0 Å². The lowest BCUT2D eigenvalue weighted by atomic mass is 10.0. The summed E-state index contributed by atoms with van der Waals surface area (Å²) in [7, 11) is 0. The molecule has 1 heterocycles. The van der Waals surface area contributed by atoms with Crippen molar-refractivity contribution in [3.8, 4) is 0 Å². The highest BCUT2D eigenvalue weighted by atomic mass is 16.1. The number of carbonyl (C=O) groups excluding carboxylic acids is 2. The number of rotatable bonds is 30. The quantitative estimate of drug-likeness (QED) is 0.0817. The summed E-state index contributed by atoms with van der Waals surface area (Å²) in [6.07, 6.45) is 32.3. The molecule has 1 aliphatic rings. The minimum atomic E-state index is 0.450. The van der Waals surface area contributed by atoms with Crippen LogP contribution in [0.3, 0.4) is 0 Å². The van der Waals surface area contributed by atoms with Crippen molar-refractivity contribution in [1.82, 2.24) is 9.80 Å². The zero-order valence-electron chi connectivity index (χ0n) is 27.3. The van der Waals surface area contributed by atoms with Gasteiger partial charge in [0.05, 0.1) is 0 Å². The van der Waals surface area contributed by atoms with Crippen molar-refractivity contribution in [3.63, 3.8) is 0 Å². The first-order valence-corrected chi connectivity index (χ1v) is 18.1. The molecule has 0 radical (unpaired) electrons. The Bertz CT molecular complexity index is 521. The van der Waals surface area contributed by atoms with Gasteiger partial charge < -0.3 is 9.80 Å². The normalized spacial score (nSPS) is 14.7. The number of hydrogen-bond acceptors (Lipinski definition) is 4. The van der Waals surface area contributed by atoms with Gasteiger partial charge in [-0.3, -0.25) is 9.59 Å². The lowest BCUT2D eigenvalue weighted by Crippen LogP contribution is -2.47. The molecule has 1 fully saturated rings. The molecule has 4 nitrogen and oxygen atoms in total. The number of ketones is 2. The molecule has 0 aliphatic carbocycles. The van der Waals surface area contributed by atoms with Crippen LogP contribution in [-0.2, 0) is 9.59 Å². The fraction of sp³-hybridized carbons (Fsp3) is 0.944. The number of nitrogens with zero attached hydrogens (tertiary/aromatic N) is 2. The first-order chi connectivity index (χ1) is 19.7. The van der Waals surface area contributed by atoms with E-state index in [2.05, 4.69) is 23.6 Å². The van der Waals surface area contributed by atoms with Crippen molar-refractivity contribution in [3.05, 3.63) is 0 Å². The fourth-order valence-electron chi connectivity index (χ4n) is 6.02. The van der Waals surface area contributed by atoms with Gasteiger partial charge in [0.1, 0.15) is 11.6 Å². The van der Waals surface area contributed by atoms with Gasteiger partial charge in [0.25, 0.3) is 0 Å². The average molecular weight is 563 g/mol. The SMILES string of the molecule is CCCCCCCCCCCCCC(=O)CCN1CCN(CCC(=O)CCCCCCCCCCCCC)CC1. The molecule has 0 unspecified atom stereocenters. The van der Waals surface area contributed by atoms with Crippen LogP contribution in [0, 0.1) is 0 Å². The first-order valence-electron chi connectivity index (χ1n) is 18.1. The van der Waals surface area contributed by atoms with E-state index in [0.717, 1.165) is 77.8 Å². The topological polar surface area (TPSA) is 40.6 Å². The Morgan fingerprint density at radius 1 is 0.375 bits per heavy atom. The molecule has 0 saturated carbocycles. The Hall–Kier alpha value is -0.740. The Morgan fingerprint density at radius 3 is 0.900 bits per heavy atom. The second-order valence-corrected chi connectivity index (χ2v) is 12.8. The maximum Gasteiger partial charge on any atom is 0.134 e.